The molecule has 0 radical (unpaired) electrons. The minimum absolute atomic E-state index is 0.164. The molecular formula is C10H23NO2. The highest BCUT2D eigenvalue weighted by Crippen LogP contribution is 2.08. The predicted octanol–water partition coefficient (Wildman–Crippen LogP) is 0.754. The summed E-state index contributed by atoms with van der Waals surface area (Å²) in [5.74, 6) is 0.716. The second-order valence-electron chi connectivity index (χ2n) is 3.89. The first-order valence-electron chi connectivity index (χ1n) is 5.12. The summed E-state index contributed by atoms with van der Waals surface area (Å²) in [6, 6.07) is 0.413. The molecule has 0 bridgehead atoms. The van der Waals surface area contributed by atoms with Crippen molar-refractivity contribution in [2.24, 2.45) is 5.92 Å². The maximum absolute atomic E-state index is 9.09. The molecule has 0 spiro atoms. The highest BCUT2D eigenvalue weighted by molar-refractivity contribution is 4.66. The molecule has 3 nitrogen and oxygen atoms in total. The Hall–Kier alpha value is -0.120. The zero-order valence-electron chi connectivity index (χ0n) is 8.95. The highest BCUT2D eigenvalue weighted by Gasteiger charge is 2.08. The summed E-state index contributed by atoms with van der Waals surface area (Å²) < 4.78 is 0. The van der Waals surface area contributed by atoms with E-state index in [4.69, 9.17) is 10.2 Å². The van der Waals surface area contributed by atoms with E-state index < -0.39 is 6.10 Å². The summed E-state index contributed by atoms with van der Waals surface area (Å²) in [7, 11) is 0. The lowest BCUT2D eigenvalue weighted by molar-refractivity contribution is 0.0916. The van der Waals surface area contributed by atoms with Crippen LogP contribution in [-0.4, -0.2) is 35.5 Å². The van der Waals surface area contributed by atoms with E-state index in [1.165, 1.54) is 6.42 Å². The molecule has 80 valence electrons. The van der Waals surface area contributed by atoms with Gasteiger partial charge >= 0.3 is 0 Å². The van der Waals surface area contributed by atoms with Crippen molar-refractivity contribution in [1.82, 2.24) is 5.32 Å². The van der Waals surface area contributed by atoms with Crippen LogP contribution in [0.3, 0.4) is 0 Å². The van der Waals surface area contributed by atoms with Crippen LogP contribution < -0.4 is 5.32 Å². The molecule has 0 aliphatic carbocycles. The van der Waals surface area contributed by atoms with E-state index in [0.717, 1.165) is 6.42 Å². The van der Waals surface area contributed by atoms with Crippen LogP contribution in [0.1, 0.15) is 33.6 Å². The maximum Gasteiger partial charge on any atom is 0.0895 e. The molecule has 0 aromatic heterocycles. The molecule has 3 heteroatoms. The van der Waals surface area contributed by atoms with E-state index in [-0.39, 0.29) is 6.61 Å². The van der Waals surface area contributed by atoms with Gasteiger partial charge in [0.1, 0.15) is 0 Å². The molecule has 3 N–H and O–H groups in total. The SMILES string of the molecule is CCC(C)CC(C)NCC(O)CO. The number of aliphatic hydroxyl groups is 2. The van der Waals surface area contributed by atoms with E-state index in [0.29, 0.717) is 18.5 Å². The number of hydrogen-bond donors (Lipinski definition) is 3. The van der Waals surface area contributed by atoms with Crippen molar-refractivity contribution in [3.8, 4) is 0 Å². The summed E-state index contributed by atoms with van der Waals surface area (Å²) in [6.07, 6.45) is 1.68. The van der Waals surface area contributed by atoms with Crippen molar-refractivity contribution in [3.05, 3.63) is 0 Å². The van der Waals surface area contributed by atoms with E-state index in [2.05, 4.69) is 26.1 Å². The Morgan fingerprint density at radius 2 is 1.92 bits per heavy atom. The van der Waals surface area contributed by atoms with Gasteiger partial charge in [0.25, 0.3) is 0 Å². The van der Waals surface area contributed by atoms with Gasteiger partial charge in [0.2, 0.25) is 0 Å². The molecule has 0 aliphatic heterocycles. The molecule has 3 atom stereocenters. The number of hydrogen-bond acceptors (Lipinski definition) is 3. The standard InChI is InChI=1S/C10H23NO2/c1-4-8(2)5-9(3)11-6-10(13)7-12/h8-13H,4-7H2,1-3H3. The summed E-state index contributed by atoms with van der Waals surface area (Å²) in [4.78, 5) is 0. The van der Waals surface area contributed by atoms with Gasteiger partial charge in [0, 0.05) is 12.6 Å². The molecule has 0 heterocycles. The van der Waals surface area contributed by atoms with E-state index in [1.807, 2.05) is 0 Å². The summed E-state index contributed by atoms with van der Waals surface area (Å²) in [5.41, 5.74) is 0. The van der Waals surface area contributed by atoms with Gasteiger partial charge in [-0.15, -0.1) is 0 Å². The zero-order chi connectivity index (χ0) is 10.3. The van der Waals surface area contributed by atoms with Gasteiger partial charge in [-0.1, -0.05) is 20.3 Å². The lowest BCUT2D eigenvalue weighted by Gasteiger charge is -2.18. The van der Waals surface area contributed by atoms with Gasteiger partial charge in [-0.25, -0.2) is 0 Å². The predicted molar refractivity (Wildman–Crippen MR) is 54.6 cm³/mol. The van der Waals surface area contributed by atoms with Crippen molar-refractivity contribution in [2.45, 2.75) is 45.8 Å². The molecule has 0 amide bonds. The van der Waals surface area contributed by atoms with Crippen LogP contribution in [0.15, 0.2) is 0 Å². The molecule has 3 unspecified atom stereocenters. The maximum atomic E-state index is 9.09. The van der Waals surface area contributed by atoms with Crippen molar-refractivity contribution in [2.75, 3.05) is 13.2 Å². The molecule has 0 saturated heterocycles. The molecule has 0 aromatic carbocycles. The number of nitrogens with one attached hydrogen (secondary N) is 1. The van der Waals surface area contributed by atoms with Crippen LogP contribution in [0.2, 0.25) is 0 Å². The average molecular weight is 189 g/mol. The van der Waals surface area contributed by atoms with Gasteiger partial charge in [-0.3, -0.25) is 0 Å². The Labute approximate surface area is 81.2 Å². The number of aliphatic hydroxyl groups excluding tert-OH is 2. The fraction of sp³-hybridized carbons (Fsp3) is 1.00. The third-order valence-electron chi connectivity index (χ3n) is 2.37. The van der Waals surface area contributed by atoms with Gasteiger partial charge in [-0.2, -0.15) is 0 Å². The Balaban J connectivity index is 3.45. The molecule has 0 aromatic rings. The largest absolute Gasteiger partial charge is 0.394 e. The van der Waals surface area contributed by atoms with Gasteiger partial charge in [0.05, 0.1) is 12.7 Å². The first-order chi connectivity index (χ1) is 6.10. The van der Waals surface area contributed by atoms with Crippen LogP contribution in [0.4, 0.5) is 0 Å². The molecule has 0 fully saturated rings. The lowest BCUT2D eigenvalue weighted by atomic mass is 10.0. The topological polar surface area (TPSA) is 52.5 Å². The normalized spacial score (nSPS) is 18.2. The Morgan fingerprint density at radius 3 is 2.38 bits per heavy atom. The minimum atomic E-state index is -0.626. The summed E-state index contributed by atoms with van der Waals surface area (Å²) in [5, 5.41) is 20.9. The minimum Gasteiger partial charge on any atom is -0.394 e. The molecular weight excluding hydrogens is 166 g/mol. The highest BCUT2D eigenvalue weighted by atomic mass is 16.3. The fourth-order valence-corrected chi connectivity index (χ4v) is 1.26. The fourth-order valence-electron chi connectivity index (χ4n) is 1.26. The number of rotatable bonds is 7. The lowest BCUT2D eigenvalue weighted by Crippen LogP contribution is -2.36. The molecule has 0 saturated carbocycles. The Morgan fingerprint density at radius 1 is 1.31 bits per heavy atom. The van der Waals surface area contributed by atoms with Crippen molar-refractivity contribution < 1.29 is 10.2 Å². The van der Waals surface area contributed by atoms with Crippen molar-refractivity contribution in [1.29, 1.82) is 0 Å². The molecule has 0 aliphatic rings. The van der Waals surface area contributed by atoms with E-state index >= 15 is 0 Å². The molecule has 0 rings (SSSR count). The third kappa shape index (κ3) is 6.99. The van der Waals surface area contributed by atoms with Gasteiger partial charge < -0.3 is 15.5 Å². The first kappa shape index (κ1) is 12.9. The third-order valence-corrected chi connectivity index (χ3v) is 2.37. The van der Waals surface area contributed by atoms with Gasteiger partial charge in [0.15, 0.2) is 0 Å². The average Bonchev–Trinajstić information content (AvgIpc) is 2.13. The van der Waals surface area contributed by atoms with E-state index in [9.17, 15) is 0 Å². The van der Waals surface area contributed by atoms with Gasteiger partial charge in [-0.05, 0) is 19.3 Å². The first-order valence-corrected chi connectivity index (χ1v) is 5.12. The summed E-state index contributed by atoms with van der Waals surface area (Å²) >= 11 is 0. The molecule has 13 heavy (non-hydrogen) atoms. The monoisotopic (exact) mass is 189 g/mol. The second-order valence-corrected chi connectivity index (χ2v) is 3.89. The zero-order valence-corrected chi connectivity index (χ0v) is 8.95. The van der Waals surface area contributed by atoms with Crippen molar-refractivity contribution >= 4 is 0 Å². The van der Waals surface area contributed by atoms with Crippen LogP contribution in [0, 0.1) is 5.92 Å². The summed E-state index contributed by atoms with van der Waals surface area (Å²) in [6.45, 7) is 6.83. The van der Waals surface area contributed by atoms with Crippen LogP contribution in [0.25, 0.3) is 0 Å². The quantitative estimate of drug-likeness (QED) is 0.554. The van der Waals surface area contributed by atoms with Crippen LogP contribution >= 0.6 is 0 Å². The smallest absolute Gasteiger partial charge is 0.0895 e. The van der Waals surface area contributed by atoms with E-state index in [1.54, 1.807) is 0 Å². The Bertz CT molecular complexity index is 119. The van der Waals surface area contributed by atoms with Crippen LogP contribution in [-0.2, 0) is 0 Å². The van der Waals surface area contributed by atoms with Crippen LogP contribution in [0.5, 0.6) is 0 Å². The Kier molecular flexibility index (Phi) is 7.23. The second kappa shape index (κ2) is 7.30. The van der Waals surface area contributed by atoms with Crippen molar-refractivity contribution in [3.63, 3.8) is 0 Å².